The molecule has 0 aliphatic heterocycles. The second-order valence-corrected chi connectivity index (χ2v) is 9.86. The molecule has 0 fully saturated rings. The lowest BCUT2D eigenvalue weighted by atomic mass is 10.1. The van der Waals surface area contributed by atoms with Crippen molar-refractivity contribution in [3.63, 3.8) is 0 Å². The third kappa shape index (κ3) is 9.64. The summed E-state index contributed by atoms with van der Waals surface area (Å²) in [5, 5.41) is 31.1. The van der Waals surface area contributed by atoms with Gasteiger partial charge in [0.05, 0.1) is 17.9 Å². The third-order valence-corrected chi connectivity index (χ3v) is 6.57. The normalized spacial score (nSPS) is 12.0. The van der Waals surface area contributed by atoms with Gasteiger partial charge in [-0.2, -0.15) is 0 Å². The van der Waals surface area contributed by atoms with Gasteiger partial charge in [-0.15, -0.1) is 0 Å². The van der Waals surface area contributed by atoms with Gasteiger partial charge in [-0.05, 0) is 79.2 Å². The van der Waals surface area contributed by atoms with Gasteiger partial charge in [-0.3, -0.25) is 9.52 Å². The molecule has 0 unspecified atom stereocenters. The highest BCUT2D eigenvalue weighted by atomic mass is 32.2. The van der Waals surface area contributed by atoms with Gasteiger partial charge >= 0.3 is 5.97 Å². The topological polar surface area (TPSA) is 154 Å². The first-order valence-electron chi connectivity index (χ1n) is 11.6. The monoisotopic (exact) mass is 530 g/mol. The maximum atomic E-state index is 12.6. The van der Waals surface area contributed by atoms with Crippen molar-refractivity contribution in [3.05, 3.63) is 78.4 Å². The lowest BCUT2D eigenvalue weighted by Gasteiger charge is -2.13. The Morgan fingerprint density at radius 2 is 1.51 bits per heavy atom. The second kappa shape index (κ2) is 13.5. The first-order valence-corrected chi connectivity index (χ1v) is 13.1. The van der Waals surface area contributed by atoms with E-state index in [2.05, 4.69) is 10.0 Å². The van der Waals surface area contributed by atoms with E-state index in [-0.39, 0.29) is 30.3 Å². The molecule has 0 bridgehead atoms. The number of sulfonamides is 1. The number of carboxylic acids is 1. The molecule has 3 rings (SSSR count). The molecule has 3 aromatic carbocycles. The summed E-state index contributed by atoms with van der Waals surface area (Å²) < 4.78 is 38.6. The molecule has 0 aliphatic carbocycles. The largest absolute Gasteiger partial charge is 0.508 e. The number of aliphatic hydroxyl groups is 1. The molecule has 3 aromatic rings. The molecule has 11 heteroatoms. The molecule has 0 saturated heterocycles. The average molecular weight is 531 g/mol. The van der Waals surface area contributed by atoms with Gasteiger partial charge in [-0.25, -0.2) is 8.42 Å². The summed E-state index contributed by atoms with van der Waals surface area (Å²) in [7, 11) is -3.80. The number of phenols is 1. The van der Waals surface area contributed by atoms with E-state index in [1.165, 1.54) is 36.4 Å². The smallest absolute Gasteiger partial charge is 0.306 e. The van der Waals surface area contributed by atoms with E-state index in [1.807, 2.05) is 12.1 Å². The van der Waals surface area contributed by atoms with Gasteiger partial charge in [0, 0.05) is 12.2 Å². The predicted molar refractivity (Wildman–Crippen MR) is 138 cm³/mol. The minimum absolute atomic E-state index is 0.00242. The van der Waals surface area contributed by atoms with Crippen molar-refractivity contribution >= 4 is 21.7 Å². The Morgan fingerprint density at radius 1 is 0.892 bits per heavy atom. The number of rotatable bonds is 15. The molecule has 0 aromatic heterocycles. The lowest BCUT2D eigenvalue weighted by molar-refractivity contribution is -0.137. The van der Waals surface area contributed by atoms with Gasteiger partial charge in [0.25, 0.3) is 10.0 Å². The molecule has 5 N–H and O–H groups in total. The van der Waals surface area contributed by atoms with Crippen molar-refractivity contribution in [3.8, 4) is 17.2 Å². The molecule has 0 radical (unpaired) electrons. The quantitative estimate of drug-likeness (QED) is 0.187. The van der Waals surface area contributed by atoms with E-state index in [0.717, 1.165) is 5.56 Å². The Morgan fingerprint density at radius 3 is 2.16 bits per heavy atom. The Labute approximate surface area is 215 Å². The number of phenolic OH excluding ortho intramolecular Hbond substituents is 1. The number of benzene rings is 3. The van der Waals surface area contributed by atoms with Crippen molar-refractivity contribution in [2.45, 2.75) is 23.8 Å². The van der Waals surface area contributed by atoms with Crippen LogP contribution in [0.5, 0.6) is 17.2 Å². The van der Waals surface area contributed by atoms with Crippen LogP contribution in [0.2, 0.25) is 0 Å². The number of nitrogens with one attached hydrogen (secondary N) is 2. The highest BCUT2D eigenvalue weighted by Gasteiger charge is 2.14. The molecular formula is C26H30N2O8S. The first-order chi connectivity index (χ1) is 17.7. The lowest BCUT2D eigenvalue weighted by Crippen LogP contribution is -2.32. The van der Waals surface area contributed by atoms with Crippen LogP contribution in [0.3, 0.4) is 0 Å². The van der Waals surface area contributed by atoms with Gasteiger partial charge in [0.15, 0.2) is 0 Å². The number of aromatic hydroxyl groups is 1. The van der Waals surface area contributed by atoms with E-state index in [0.29, 0.717) is 36.7 Å². The zero-order valence-corrected chi connectivity index (χ0v) is 20.9. The van der Waals surface area contributed by atoms with Crippen LogP contribution < -0.4 is 19.5 Å². The maximum absolute atomic E-state index is 12.6. The Hall–Kier alpha value is -3.80. The van der Waals surface area contributed by atoms with Crippen molar-refractivity contribution < 1.29 is 38.0 Å². The fourth-order valence-electron chi connectivity index (χ4n) is 3.22. The van der Waals surface area contributed by atoms with E-state index in [9.17, 15) is 23.4 Å². The number of hydrogen-bond donors (Lipinski definition) is 5. The van der Waals surface area contributed by atoms with Gasteiger partial charge in [0.1, 0.15) is 30.0 Å². The van der Waals surface area contributed by atoms with E-state index in [1.54, 1.807) is 24.3 Å². The van der Waals surface area contributed by atoms with Crippen LogP contribution in [-0.2, 0) is 21.2 Å². The molecule has 0 spiro atoms. The maximum Gasteiger partial charge on any atom is 0.306 e. The highest BCUT2D eigenvalue weighted by Crippen LogP contribution is 2.20. The summed E-state index contributed by atoms with van der Waals surface area (Å²) in [4.78, 5) is 10.6. The Bertz CT molecular complexity index is 1230. The molecule has 0 heterocycles. The van der Waals surface area contributed by atoms with E-state index in [4.69, 9.17) is 14.6 Å². The Kier molecular flexibility index (Phi) is 10.1. The standard InChI is InChI=1S/C26H30N2O8S/c29-21-5-7-24(8-6-21)36-18-22(30)17-27-15-13-19-1-3-20(4-2-19)28-37(33,34)25-11-9-23(10-12-25)35-16-14-26(31)32/h1-12,22,27-30H,13-18H2,(H,31,32)/t22-/m0/s1. The number of anilines is 1. The molecule has 0 saturated carbocycles. The molecule has 10 nitrogen and oxygen atoms in total. The van der Waals surface area contributed by atoms with E-state index < -0.39 is 22.1 Å². The molecule has 0 amide bonds. The summed E-state index contributed by atoms with van der Waals surface area (Å²) in [5.74, 6) is 0.119. The SMILES string of the molecule is O=C(O)CCOc1ccc(S(=O)(=O)Nc2ccc(CCNC[C@H](O)COc3ccc(O)cc3)cc2)cc1. The second-order valence-electron chi connectivity index (χ2n) is 8.18. The van der Waals surface area contributed by atoms with Crippen LogP contribution >= 0.6 is 0 Å². The van der Waals surface area contributed by atoms with Crippen LogP contribution in [0.4, 0.5) is 5.69 Å². The van der Waals surface area contributed by atoms with Crippen LogP contribution in [0, 0.1) is 0 Å². The molecule has 0 aliphatic rings. The fourth-order valence-corrected chi connectivity index (χ4v) is 4.28. The first kappa shape index (κ1) is 27.8. The predicted octanol–water partition coefficient (Wildman–Crippen LogP) is 2.62. The van der Waals surface area contributed by atoms with Crippen LogP contribution in [-0.4, -0.2) is 62.1 Å². The summed E-state index contributed by atoms with van der Waals surface area (Å²) in [6.45, 7) is 1.08. The van der Waals surface area contributed by atoms with Crippen LogP contribution in [0.25, 0.3) is 0 Å². The number of carboxylic acid groups (broad SMARTS) is 1. The Balaban J connectivity index is 1.39. The summed E-state index contributed by atoms with van der Waals surface area (Å²) in [6, 6.07) is 19.0. The van der Waals surface area contributed by atoms with Gasteiger partial charge in [0.2, 0.25) is 0 Å². The minimum atomic E-state index is -3.80. The molecule has 37 heavy (non-hydrogen) atoms. The summed E-state index contributed by atoms with van der Waals surface area (Å²) in [5.41, 5.74) is 1.41. The summed E-state index contributed by atoms with van der Waals surface area (Å²) in [6.07, 6.45) is -0.162. The summed E-state index contributed by atoms with van der Waals surface area (Å²) >= 11 is 0. The minimum Gasteiger partial charge on any atom is -0.508 e. The number of aliphatic carboxylic acids is 1. The van der Waals surface area contributed by atoms with E-state index >= 15 is 0 Å². The molecular weight excluding hydrogens is 500 g/mol. The number of aliphatic hydroxyl groups excluding tert-OH is 1. The van der Waals surface area contributed by atoms with Crippen molar-refractivity contribution in [1.82, 2.24) is 5.32 Å². The fraction of sp³-hybridized carbons (Fsp3) is 0.269. The zero-order chi connectivity index (χ0) is 26.7. The molecule has 1 atom stereocenters. The number of carbonyl (C=O) groups is 1. The van der Waals surface area contributed by atoms with Crippen molar-refractivity contribution in [1.29, 1.82) is 0 Å². The van der Waals surface area contributed by atoms with Crippen LogP contribution in [0.15, 0.2) is 77.7 Å². The van der Waals surface area contributed by atoms with Crippen molar-refractivity contribution in [2.24, 2.45) is 0 Å². The molecule has 198 valence electrons. The highest BCUT2D eigenvalue weighted by molar-refractivity contribution is 7.92. The zero-order valence-electron chi connectivity index (χ0n) is 20.0. The number of hydrogen-bond acceptors (Lipinski definition) is 8. The van der Waals surface area contributed by atoms with Crippen molar-refractivity contribution in [2.75, 3.05) is 31.0 Å². The van der Waals surface area contributed by atoms with Gasteiger partial charge < -0.3 is 30.1 Å². The number of ether oxygens (including phenoxy) is 2. The third-order valence-electron chi connectivity index (χ3n) is 5.17. The van der Waals surface area contributed by atoms with Crippen LogP contribution in [0.1, 0.15) is 12.0 Å². The van der Waals surface area contributed by atoms with Gasteiger partial charge in [-0.1, -0.05) is 12.1 Å². The average Bonchev–Trinajstić information content (AvgIpc) is 2.87.